The average Bonchev–Trinajstić information content (AvgIpc) is 3.00. The van der Waals surface area contributed by atoms with E-state index in [-0.39, 0.29) is 17.1 Å². The van der Waals surface area contributed by atoms with E-state index in [1.54, 1.807) is 18.2 Å². The SMILES string of the molecule is C=C(C(=O)Oc1ccccc1C(C)=O)C(O)C1=NCCS1. The van der Waals surface area contributed by atoms with Gasteiger partial charge in [-0.2, -0.15) is 0 Å². The van der Waals surface area contributed by atoms with E-state index in [4.69, 9.17) is 4.74 Å². The summed E-state index contributed by atoms with van der Waals surface area (Å²) in [5.41, 5.74) is 0.210. The lowest BCUT2D eigenvalue weighted by atomic mass is 10.1. The van der Waals surface area contributed by atoms with E-state index in [1.807, 2.05) is 0 Å². The van der Waals surface area contributed by atoms with Crippen molar-refractivity contribution in [1.29, 1.82) is 0 Å². The molecule has 6 heteroatoms. The third kappa shape index (κ3) is 3.59. The summed E-state index contributed by atoms with van der Waals surface area (Å²) in [5.74, 6) is -0.0435. The molecule has 0 radical (unpaired) electrons. The molecule has 0 aromatic heterocycles. The standard InChI is InChI=1S/C15H15NO4S/c1-9(13(18)14-16-7-8-21-14)15(19)20-12-6-4-3-5-11(12)10(2)17/h3-6,13,18H,1,7-8H2,2H3. The van der Waals surface area contributed by atoms with Gasteiger partial charge < -0.3 is 9.84 Å². The largest absolute Gasteiger partial charge is 0.422 e. The molecule has 1 aromatic carbocycles. The predicted octanol–water partition coefficient (Wildman–Crippen LogP) is 1.86. The monoisotopic (exact) mass is 305 g/mol. The molecule has 1 N–H and O–H groups in total. The lowest BCUT2D eigenvalue weighted by Gasteiger charge is -2.13. The Hall–Kier alpha value is -1.92. The van der Waals surface area contributed by atoms with Crippen molar-refractivity contribution in [3.05, 3.63) is 42.0 Å². The van der Waals surface area contributed by atoms with Gasteiger partial charge in [0.05, 0.1) is 11.1 Å². The molecule has 1 unspecified atom stereocenters. The van der Waals surface area contributed by atoms with Gasteiger partial charge >= 0.3 is 5.97 Å². The molecule has 21 heavy (non-hydrogen) atoms. The van der Waals surface area contributed by atoms with Gasteiger partial charge in [0.2, 0.25) is 0 Å². The molecule has 1 atom stereocenters. The maximum Gasteiger partial charge on any atom is 0.341 e. The highest BCUT2D eigenvalue weighted by molar-refractivity contribution is 8.14. The molecule has 0 saturated carbocycles. The summed E-state index contributed by atoms with van der Waals surface area (Å²) in [5, 5.41) is 10.5. The van der Waals surface area contributed by atoms with Gasteiger partial charge in [-0.25, -0.2) is 4.79 Å². The smallest absolute Gasteiger partial charge is 0.341 e. The molecular formula is C15H15NO4S. The highest BCUT2D eigenvalue weighted by Crippen LogP contribution is 2.22. The fourth-order valence-corrected chi connectivity index (χ4v) is 2.66. The van der Waals surface area contributed by atoms with Crippen molar-refractivity contribution in [2.24, 2.45) is 4.99 Å². The minimum absolute atomic E-state index is 0.0958. The first-order valence-electron chi connectivity index (χ1n) is 6.37. The third-order valence-electron chi connectivity index (χ3n) is 2.90. The predicted molar refractivity (Wildman–Crippen MR) is 82.0 cm³/mol. The summed E-state index contributed by atoms with van der Waals surface area (Å²) in [6.45, 7) is 5.57. The van der Waals surface area contributed by atoms with Crippen LogP contribution in [0.2, 0.25) is 0 Å². The molecule has 0 amide bonds. The van der Waals surface area contributed by atoms with Crippen molar-refractivity contribution in [3.63, 3.8) is 0 Å². The maximum absolute atomic E-state index is 12.0. The van der Waals surface area contributed by atoms with Crippen molar-refractivity contribution in [3.8, 4) is 5.75 Å². The van der Waals surface area contributed by atoms with E-state index in [9.17, 15) is 14.7 Å². The van der Waals surface area contributed by atoms with E-state index in [1.165, 1.54) is 24.8 Å². The number of ketones is 1. The number of nitrogens with zero attached hydrogens (tertiary/aromatic N) is 1. The van der Waals surface area contributed by atoms with Crippen LogP contribution in [-0.2, 0) is 4.79 Å². The third-order valence-corrected chi connectivity index (χ3v) is 3.94. The van der Waals surface area contributed by atoms with Crippen LogP contribution in [0.3, 0.4) is 0 Å². The Morgan fingerprint density at radius 3 is 2.76 bits per heavy atom. The van der Waals surface area contributed by atoms with Gasteiger partial charge in [0.15, 0.2) is 5.78 Å². The van der Waals surface area contributed by atoms with Crippen LogP contribution < -0.4 is 4.74 Å². The summed E-state index contributed by atoms with van der Waals surface area (Å²) in [7, 11) is 0. The number of carbonyl (C=O) groups is 2. The van der Waals surface area contributed by atoms with Crippen LogP contribution in [0.1, 0.15) is 17.3 Å². The first-order chi connectivity index (χ1) is 10.0. The van der Waals surface area contributed by atoms with E-state index < -0.39 is 12.1 Å². The van der Waals surface area contributed by atoms with E-state index in [0.29, 0.717) is 17.2 Å². The van der Waals surface area contributed by atoms with Gasteiger partial charge in [0.25, 0.3) is 0 Å². The molecule has 1 aromatic rings. The molecule has 0 aliphatic carbocycles. The van der Waals surface area contributed by atoms with Crippen LogP contribution in [0.15, 0.2) is 41.4 Å². The number of thioether (sulfide) groups is 1. The summed E-state index contributed by atoms with van der Waals surface area (Å²) in [6.07, 6.45) is -1.16. The number of aliphatic hydroxyl groups excluding tert-OH is 1. The number of benzene rings is 1. The van der Waals surface area contributed by atoms with Crippen LogP contribution in [0.25, 0.3) is 0 Å². The van der Waals surface area contributed by atoms with Crippen LogP contribution in [-0.4, -0.2) is 40.3 Å². The molecular weight excluding hydrogens is 290 g/mol. The molecule has 5 nitrogen and oxygen atoms in total. The topological polar surface area (TPSA) is 76.0 Å². The van der Waals surface area contributed by atoms with Crippen molar-refractivity contribution >= 4 is 28.6 Å². The molecule has 1 heterocycles. The number of hydrogen-bond acceptors (Lipinski definition) is 6. The molecule has 1 aliphatic rings. The minimum Gasteiger partial charge on any atom is -0.422 e. The van der Waals surface area contributed by atoms with Crippen LogP contribution in [0, 0.1) is 0 Å². The number of esters is 1. The first-order valence-corrected chi connectivity index (χ1v) is 7.35. The Morgan fingerprint density at radius 2 is 2.14 bits per heavy atom. The number of aliphatic hydroxyl groups is 1. The average molecular weight is 305 g/mol. The molecule has 0 bridgehead atoms. The van der Waals surface area contributed by atoms with Crippen molar-refractivity contribution in [2.45, 2.75) is 13.0 Å². The maximum atomic E-state index is 12.0. The van der Waals surface area contributed by atoms with Gasteiger partial charge in [-0.15, -0.1) is 11.8 Å². The highest BCUT2D eigenvalue weighted by atomic mass is 32.2. The summed E-state index contributed by atoms with van der Waals surface area (Å²) in [4.78, 5) is 27.6. The number of carbonyl (C=O) groups excluding carboxylic acids is 2. The number of para-hydroxylation sites is 1. The van der Waals surface area contributed by atoms with Crippen molar-refractivity contribution in [2.75, 3.05) is 12.3 Å². The summed E-state index contributed by atoms with van der Waals surface area (Å²) >= 11 is 1.39. The lowest BCUT2D eigenvalue weighted by Crippen LogP contribution is -2.26. The second-order valence-corrected chi connectivity index (χ2v) is 5.55. The zero-order valence-electron chi connectivity index (χ0n) is 11.5. The Labute approximate surface area is 126 Å². The molecule has 1 aliphatic heterocycles. The Balaban J connectivity index is 2.11. The number of hydrogen-bond donors (Lipinski definition) is 1. The summed E-state index contributed by atoms with van der Waals surface area (Å²) < 4.78 is 5.17. The van der Waals surface area contributed by atoms with Gasteiger partial charge in [-0.05, 0) is 19.1 Å². The van der Waals surface area contributed by atoms with Gasteiger partial charge in [0.1, 0.15) is 16.9 Å². The number of Topliss-reactive ketones (excluding diaryl/α,β-unsaturated/α-hetero) is 1. The number of rotatable bonds is 5. The van der Waals surface area contributed by atoms with E-state index in [2.05, 4.69) is 11.6 Å². The molecule has 0 fully saturated rings. The zero-order valence-corrected chi connectivity index (χ0v) is 12.4. The second kappa shape index (κ2) is 6.69. The fourth-order valence-electron chi connectivity index (χ4n) is 1.79. The van der Waals surface area contributed by atoms with Crippen molar-refractivity contribution < 1.29 is 19.4 Å². The first kappa shape index (κ1) is 15.5. The van der Waals surface area contributed by atoms with Gasteiger partial charge in [-0.3, -0.25) is 9.79 Å². The van der Waals surface area contributed by atoms with Crippen LogP contribution in [0.4, 0.5) is 0 Å². The Kier molecular flexibility index (Phi) is 4.93. The summed E-state index contributed by atoms with van der Waals surface area (Å²) in [6, 6.07) is 6.43. The van der Waals surface area contributed by atoms with Crippen molar-refractivity contribution in [1.82, 2.24) is 0 Å². The molecule has 0 saturated heterocycles. The number of aliphatic imine (C=N–C) groups is 1. The number of ether oxygens (including phenoxy) is 1. The highest BCUT2D eigenvalue weighted by Gasteiger charge is 2.26. The molecule has 2 rings (SSSR count). The quantitative estimate of drug-likeness (QED) is 0.389. The lowest BCUT2D eigenvalue weighted by molar-refractivity contribution is -0.130. The zero-order chi connectivity index (χ0) is 15.4. The van der Waals surface area contributed by atoms with E-state index >= 15 is 0 Å². The normalized spacial score (nSPS) is 15.2. The Bertz CT molecular complexity index is 624. The van der Waals surface area contributed by atoms with Gasteiger partial charge in [0, 0.05) is 12.3 Å². The molecule has 110 valence electrons. The van der Waals surface area contributed by atoms with Gasteiger partial charge in [-0.1, -0.05) is 18.7 Å². The minimum atomic E-state index is -1.16. The van der Waals surface area contributed by atoms with Crippen LogP contribution in [0.5, 0.6) is 5.75 Å². The van der Waals surface area contributed by atoms with Crippen LogP contribution >= 0.6 is 11.8 Å². The Morgan fingerprint density at radius 1 is 1.43 bits per heavy atom. The van der Waals surface area contributed by atoms with E-state index in [0.717, 1.165) is 5.75 Å². The molecule has 0 spiro atoms. The fraction of sp³-hybridized carbons (Fsp3) is 0.267. The second-order valence-electron chi connectivity index (χ2n) is 4.44.